The lowest BCUT2D eigenvalue weighted by Crippen LogP contribution is -2.41. The molecule has 7 heteroatoms. The molecule has 0 unspecified atom stereocenters. The van der Waals surface area contributed by atoms with E-state index in [9.17, 15) is 14.4 Å². The number of nitrogens with one attached hydrogen (secondary N) is 1. The molecule has 0 aromatic carbocycles. The van der Waals surface area contributed by atoms with Gasteiger partial charge in [0.05, 0.1) is 6.42 Å². The first-order valence-electron chi connectivity index (χ1n) is 7.62. The standard InChI is InChI=1S/C15H22N2O4S/c1-10-9-22-15(20)17(10)8-7-13(18)21-11(2)14(19)16-12-5-3-4-6-12/h9,11-12H,3-8H2,1-2H3,(H,16,19)/t11-/m0/s1. The molecule has 0 aliphatic heterocycles. The second kappa shape index (κ2) is 7.58. The van der Waals surface area contributed by atoms with Crippen molar-refractivity contribution in [3.05, 3.63) is 20.7 Å². The summed E-state index contributed by atoms with van der Waals surface area (Å²) in [7, 11) is 0. The van der Waals surface area contributed by atoms with Gasteiger partial charge in [-0.25, -0.2) is 0 Å². The van der Waals surface area contributed by atoms with Crippen molar-refractivity contribution < 1.29 is 14.3 Å². The second-order valence-electron chi connectivity index (χ2n) is 5.67. The number of ether oxygens (including phenoxy) is 1. The van der Waals surface area contributed by atoms with Gasteiger partial charge >= 0.3 is 10.8 Å². The fourth-order valence-corrected chi connectivity index (χ4v) is 3.34. The van der Waals surface area contributed by atoms with E-state index in [1.165, 1.54) is 4.57 Å². The summed E-state index contributed by atoms with van der Waals surface area (Å²) in [6.07, 6.45) is 3.54. The van der Waals surface area contributed by atoms with Gasteiger partial charge in [0, 0.05) is 23.7 Å². The van der Waals surface area contributed by atoms with E-state index in [1.54, 1.807) is 12.3 Å². The van der Waals surface area contributed by atoms with E-state index in [2.05, 4.69) is 5.32 Å². The molecule has 1 heterocycles. The molecule has 6 nitrogen and oxygen atoms in total. The van der Waals surface area contributed by atoms with E-state index >= 15 is 0 Å². The van der Waals surface area contributed by atoms with Crippen LogP contribution in [-0.2, 0) is 20.9 Å². The Bertz CT molecular complexity index is 587. The average Bonchev–Trinajstić information content (AvgIpc) is 3.08. The second-order valence-corrected chi connectivity index (χ2v) is 6.49. The maximum atomic E-state index is 11.9. The highest BCUT2D eigenvalue weighted by atomic mass is 32.1. The Morgan fingerprint density at radius 3 is 2.73 bits per heavy atom. The number of hydrogen-bond donors (Lipinski definition) is 1. The van der Waals surface area contributed by atoms with Crippen molar-refractivity contribution in [3.8, 4) is 0 Å². The molecule has 0 bridgehead atoms. The van der Waals surface area contributed by atoms with Crippen molar-refractivity contribution in [3.63, 3.8) is 0 Å². The van der Waals surface area contributed by atoms with E-state index < -0.39 is 12.1 Å². The summed E-state index contributed by atoms with van der Waals surface area (Å²) >= 11 is 1.11. The predicted molar refractivity (Wildman–Crippen MR) is 83.9 cm³/mol. The molecule has 0 spiro atoms. The lowest BCUT2D eigenvalue weighted by atomic mass is 10.2. The van der Waals surface area contributed by atoms with Crippen LogP contribution in [0.2, 0.25) is 0 Å². The van der Waals surface area contributed by atoms with E-state index in [-0.39, 0.29) is 29.8 Å². The highest BCUT2D eigenvalue weighted by Crippen LogP contribution is 2.17. The fraction of sp³-hybridized carbons (Fsp3) is 0.667. The Labute approximate surface area is 133 Å². The van der Waals surface area contributed by atoms with Crippen molar-refractivity contribution >= 4 is 23.2 Å². The SMILES string of the molecule is Cc1csc(=O)n1CCC(=O)O[C@@H](C)C(=O)NC1CCCC1. The van der Waals surface area contributed by atoms with Gasteiger partial charge in [0.25, 0.3) is 5.91 Å². The number of amides is 1. The lowest BCUT2D eigenvalue weighted by Gasteiger charge is -2.17. The van der Waals surface area contributed by atoms with Crippen molar-refractivity contribution in [1.29, 1.82) is 0 Å². The van der Waals surface area contributed by atoms with Crippen molar-refractivity contribution in [2.24, 2.45) is 0 Å². The zero-order chi connectivity index (χ0) is 16.1. The third kappa shape index (κ3) is 4.43. The van der Waals surface area contributed by atoms with Crippen LogP contribution in [-0.4, -0.2) is 28.6 Å². The first-order chi connectivity index (χ1) is 10.5. The van der Waals surface area contributed by atoms with E-state index in [0.29, 0.717) is 0 Å². The summed E-state index contributed by atoms with van der Waals surface area (Å²) in [4.78, 5) is 35.2. The molecule has 1 fully saturated rings. The maximum absolute atomic E-state index is 11.9. The molecule has 1 aromatic heterocycles. The summed E-state index contributed by atoms with van der Waals surface area (Å²) < 4.78 is 6.67. The molecule has 1 amide bonds. The molecule has 2 rings (SSSR count). The molecule has 22 heavy (non-hydrogen) atoms. The largest absolute Gasteiger partial charge is 0.452 e. The average molecular weight is 326 g/mol. The Hall–Kier alpha value is -1.63. The topological polar surface area (TPSA) is 77.4 Å². The van der Waals surface area contributed by atoms with Crippen LogP contribution >= 0.6 is 11.3 Å². The van der Waals surface area contributed by atoms with Crippen LogP contribution in [0.5, 0.6) is 0 Å². The highest BCUT2D eigenvalue weighted by molar-refractivity contribution is 7.07. The van der Waals surface area contributed by atoms with E-state index in [4.69, 9.17) is 4.74 Å². The van der Waals surface area contributed by atoms with Crippen molar-refractivity contribution in [1.82, 2.24) is 9.88 Å². The number of rotatable bonds is 6. The van der Waals surface area contributed by atoms with Crippen molar-refractivity contribution in [2.75, 3.05) is 0 Å². The van der Waals surface area contributed by atoms with Gasteiger partial charge in [-0.1, -0.05) is 24.2 Å². The van der Waals surface area contributed by atoms with Gasteiger partial charge < -0.3 is 14.6 Å². The molecule has 122 valence electrons. The first kappa shape index (κ1) is 16.7. The van der Waals surface area contributed by atoms with Crippen LogP contribution in [0.3, 0.4) is 0 Å². The zero-order valence-electron chi connectivity index (χ0n) is 13.0. The number of carbonyl (C=O) groups excluding carboxylic acids is 2. The monoisotopic (exact) mass is 326 g/mol. The van der Waals surface area contributed by atoms with Gasteiger partial charge in [0.15, 0.2) is 6.10 Å². The molecule has 1 aliphatic carbocycles. The van der Waals surface area contributed by atoms with Crippen LogP contribution in [0.4, 0.5) is 0 Å². The van der Waals surface area contributed by atoms with Crippen LogP contribution in [0.1, 0.15) is 44.7 Å². The normalized spacial score (nSPS) is 16.5. The zero-order valence-corrected chi connectivity index (χ0v) is 13.8. The molecule has 1 atom stereocenters. The third-order valence-corrected chi connectivity index (χ3v) is 4.78. The predicted octanol–water partition coefficient (Wildman–Crippen LogP) is 1.60. The summed E-state index contributed by atoms with van der Waals surface area (Å²) in [5.74, 6) is -0.712. The quantitative estimate of drug-likeness (QED) is 0.806. The molecular formula is C15H22N2O4S. The molecule has 1 aromatic rings. The minimum Gasteiger partial charge on any atom is -0.452 e. The number of esters is 1. The number of nitrogens with zero attached hydrogens (tertiary/aromatic N) is 1. The number of aryl methyl sites for hydroxylation is 1. The molecular weight excluding hydrogens is 304 g/mol. The molecule has 1 saturated carbocycles. The van der Waals surface area contributed by atoms with Crippen LogP contribution in [0.15, 0.2) is 10.2 Å². The number of thiazole rings is 1. The molecule has 0 radical (unpaired) electrons. The Balaban J connectivity index is 1.76. The first-order valence-corrected chi connectivity index (χ1v) is 8.50. The lowest BCUT2D eigenvalue weighted by molar-refractivity contribution is -0.155. The summed E-state index contributed by atoms with van der Waals surface area (Å²) in [6.45, 7) is 3.68. The van der Waals surface area contributed by atoms with Gasteiger partial charge in [0.1, 0.15) is 0 Å². The summed E-state index contributed by atoms with van der Waals surface area (Å²) in [5.41, 5.74) is 0.829. The minimum atomic E-state index is -0.798. The third-order valence-electron chi connectivity index (χ3n) is 3.89. The smallest absolute Gasteiger partial charge is 0.308 e. The highest BCUT2D eigenvalue weighted by Gasteiger charge is 2.23. The van der Waals surface area contributed by atoms with Crippen molar-refractivity contribution in [2.45, 2.75) is 64.6 Å². The summed E-state index contributed by atoms with van der Waals surface area (Å²) in [6, 6.07) is 0.209. The van der Waals surface area contributed by atoms with Gasteiger partial charge in [0.2, 0.25) is 0 Å². The maximum Gasteiger partial charge on any atom is 0.308 e. The molecule has 0 saturated heterocycles. The van der Waals surface area contributed by atoms with Gasteiger partial charge in [-0.15, -0.1) is 0 Å². The van der Waals surface area contributed by atoms with Crippen LogP contribution < -0.4 is 10.2 Å². The van der Waals surface area contributed by atoms with Crippen LogP contribution in [0, 0.1) is 6.92 Å². The van der Waals surface area contributed by atoms with Gasteiger partial charge in [-0.3, -0.25) is 14.4 Å². The van der Waals surface area contributed by atoms with E-state index in [0.717, 1.165) is 42.7 Å². The number of aromatic nitrogens is 1. The number of carbonyl (C=O) groups is 2. The Morgan fingerprint density at radius 1 is 1.45 bits per heavy atom. The Kier molecular flexibility index (Phi) is 5.76. The fourth-order valence-electron chi connectivity index (χ4n) is 2.58. The Morgan fingerprint density at radius 2 is 2.14 bits per heavy atom. The molecule has 1 N–H and O–H groups in total. The minimum absolute atomic E-state index is 0.0819. The van der Waals surface area contributed by atoms with Gasteiger partial charge in [-0.2, -0.15) is 0 Å². The number of hydrogen-bond acceptors (Lipinski definition) is 5. The molecule has 1 aliphatic rings. The van der Waals surface area contributed by atoms with Crippen LogP contribution in [0.25, 0.3) is 0 Å². The van der Waals surface area contributed by atoms with Gasteiger partial charge in [-0.05, 0) is 26.7 Å². The summed E-state index contributed by atoms with van der Waals surface area (Å²) in [5, 5.41) is 4.66. The van der Waals surface area contributed by atoms with E-state index in [1.807, 2.05) is 6.92 Å².